The van der Waals surface area contributed by atoms with Crippen LogP contribution in [-0.4, -0.2) is 55.5 Å². The van der Waals surface area contributed by atoms with Gasteiger partial charge in [-0.25, -0.2) is 19.7 Å². The average molecular weight is 330 g/mol. The maximum absolute atomic E-state index is 12.9. The lowest BCUT2D eigenvalue weighted by Gasteiger charge is -2.36. The Morgan fingerprint density at radius 1 is 1.33 bits per heavy atom. The Morgan fingerprint density at radius 3 is 2.88 bits per heavy atom. The van der Waals surface area contributed by atoms with Gasteiger partial charge in [-0.3, -0.25) is 4.79 Å². The number of esters is 1. The number of carbonyl (C=O) groups excluding carboxylic acids is 2. The third-order valence-corrected chi connectivity index (χ3v) is 5.09. The Balaban J connectivity index is 1.60. The molecule has 4 rings (SSSR count). The minimum atomic E-state index is -0.491. The first kappa shape index (κ1) is 14.9. The van der Waals surface area contributed by atoms with Crippen molar-refractivity contribution in [2.75, 3.05) is 12.8 Å². The second-order valence-electron chi connectivity index (χ2n) is 6.28. The standard InChI is InChI=1S/C15H18N6O3/c1-24-15(23)10-4-8-2-3-9(8)21(10)11(22)5-20-7-19-12-13(16)17-6-18-14(12)20/h6-10H,2-5H2,1H3,(H2,16,17,18)/t8-,9-,10+/m1/s1. The van der Waals surface area contributed by atoms with Crippen LogP contribution in [0.3, 0.4) is 0 Å². The van der Waals surface area contributed by atoms with E-state index in [0.29, 0.717) is 23.5 Å². The van der Waals surface area contributed by atoms with E-state index in [2.05, 4.69) is 15.0 Å². The maximum Gasteiger partial charge on any atom is 0.328 e. The number of nitrogens with two attached hydrogens (primary N) is 1. The van der Waals surface area contributed by atoms with Crippen molar-refractivity contribution in [1.82, 2.24) is 24.4 Å². The number of aromatic nitrogens is 4. The summed E-state index contributed by atoms with van der Waals surface area (Å²) in [5, 5.41) is 0. The molecule has 1 aliphatic heterocycles. The number of nitrogens with zero attached hydrogens (tertiary/aromatic N) is 5. The molecule has 0 aromatic carbocycles. The Morgan fingerprint density at radius 2 is 2.17 bits per heavy atom. The first-order valence-corrected chi connectivity index (χ1v) is 7.90. The number of rotatable bonds is 3. The van der Waals surface area contributed by atoms with Gasteiger partial charge in [0.25, 0.3) is 0 Å². The fourth-order valence-electron chi connectivity index (χ4n) is 3.77. The Bertz CT molecular complexity index is 819. The molecule has 3 atom stereocenters. The molecule has 24 heavy (non-hydrogen) atoms. The Hall–Kier alpha value is -2.71. The Kier molecular flexibility index (Phi) is 3.36. The van der Waals surface area contributed by atoms with Crippen molar-refractivity contribution >= 4 is 28.9 Å². The summed E-state index contributed by atoms with van der Waals surface area (Å²) in [6.45, 7) is 0.0592. The summed E-state index contributed by atoms with van der Waals surface area (Å²) in [5.74, 6) is 0.198. The van der Waals surface area contributed by atoms with Gasteiger partial charge in [-0.15, -0.1) is 0 Å². The van der Waals surface area contributed by atoms with E-state index in [4.69, 9.17) is 10.5 Å². The van der Waals surface area contributed by atoms with Crippen LogP contribution in [0.5, 0.6) is 0 Å². The molecular weight excluding hydrogens is 312 g/mol. The lowest BCUT2D eigenvalue weighted by Crippen LogP contribution is -2.49. The Labute approximate surface area is 137 Å². The summed E-state index contributed by atoms with van der Waals surface area (Å²) in [6.07, 6.45) is 5.54. The summed E-state index contributed by atoms with van der Waals surface area (Å²) >= 11 is 0. The van der Waals surface area contributed by atoms with Crippen LogP contribution in [0, 0.1) is 5.92 Å². The normalized spacial score (nSPS) is 25.4. The van der Waals surface area contributed by atoms with Crippen LogP contribution < -0.4 is 5.73 Å². The van der Waals surface area contributed by atoms with Crippen LogP contribution in [0.25, 0.3) is 11.2 Å². The molecule has 1 amide bonds. The molecule has 2 N–H and O–H groups in total. The van der Waals surface area contributed by atoms with Crippen molar-refractivity contribution in [2.24, 2.45) is 5.92 Å². The number of imidazole rings is 1. The molecule has 9 heteroatoms. The van der Waals surface area contributed by atoms with Crippen LogP contribution in [0.1, 0.15) is 19.3 Å². The number of methoxy groups -OCH3 is 1. The monoisotopic (exact) mass is 330 g/mol. The minimum Gasteiger partial charge on any atom is -0.467 e. The summed E-state index contributed by atoms with van der Waals surface area (Å²) in [4.78, 5) is 38.8. The van der Waals surface area contributed by atoms with Gasteiger partial charge >= 0.3 is 5.97 Å². The summed E-state index contributed by atoms with van der Waals surface area (Å²) in [6, 6.07) is -0.356. The molecule has 2 aliphatic rings. The fraction of sp³-hybridized carbons (Fsp3) is 0.533. The van der Waals surface area contributed by atoms with Gasteiger partial charge in [0.2, 0.25) is 5.91 Å². The van der Waals surface area contributed by atoms with Crippen molar-refractivity contribution in [3.8, 4) is 0 Å². The zero-order valence-electron chi connectivity index (χ0n) is 13.3. The number of anilines is 1. The van der Waals surface area contributed by atoms with E-state index in [9.17, 15) is 9.59 Å². The van der Waals surface area contributed by atoms with E-state index in [1.54, 1.807) is 9.47 Å². The summed E-state index contributed by atoms with van der Waals surface area (Å²) in [5.41, 5.74) is 6.75. The zero-order valence-corrected chi connectivity index (χ0v) is 13.3. The SMILES string of the molecule is COC(=O)[C@@H]1C[C@H]2CC[C@H]2N1C(=O)Cn1cnc2c(N)ncnc21. The smallest absolute Gasteiger partial charge is 0.328 e. The van der Waals surface area contributed by atoms with Crippen LogP contribution in [0.15, 0.2) is 12.7 Å². The van der Waals surface area contributed by atoms with Crippen molar-refractivity contribution in [3.63, 3.8) is 0 Å². The molecule has 2 fully saturated rings. The van der Waals surface area contributed by atoms with Crippen LogP contribution in [0.2, 0.25) is 0 Å². The predicted molar refractivity (Wildman–Crippen MR) is 83.5 cm³/mol. The van der Waals surface area contributed by atoms with Crippen molar-refractivity contribution in [1.29, 1.82) is 0 Å². The number of hydrogen-bond donors (Lipinski definition) is 1. The third-order valence-electron chi connectivity index (χ3n) is 5.09. The van der Waals surface area contributed by atoms with E-state index in [0.717, 1.165) is 12.8 Å². The highest BCUT2D eigenvalue weighted by Crippen LogP contribution is 2.44. The number of ether oxygens (including phenoxy) is 1. The van der Waals surface area contributed by atoms with E-state index in [-0.39, 0.29) is 30.3 Å². The number of carbonyl (C=O) groups is 2. The van der Waals surface area contributed by atoms with Gasteiger partial charge in [-0.1, -0.05) is 0 Å². The second kappa shape index (κ2) is 5.43. The molecule has 0 radical (unpaired) electrons. The number of hydrogen-bond acceptors (Lipinski definition) is 7. The van der Waals surface area contributed by atoms with Gasteiger partial charge in [-0.2, -0.15) is 0 Å². The number of fused-ring (bicyclic) bond motifs is 2. The lowest BCUT2D eigenvalue weighted by atomic mass is 9.80. The van der Waals surface area contributed by atoms with E-state index in [1.165, 1.54) is 19.8 Å². The molecule has 1 saturated heterocycles. The highest BCUT2D eigenvalue weighted by molar-refractivity contribution is 5.87. The van der Waals surface area contributed by atoms with Crippen LogP contribution >= 0.6 is 0 Å². The quantitative estimate of drug-likeness (QED) is 0.785. The molecule has 3 heterocycles. The van der Waals surface area contributed by atoms with Crippen molar-refractivity contribution in [3.05, 3.63) is 12.7 Å². The average Bonchev–Trinajstić information content (AvgIpc) is 3.07. The molecule has 0 spiro atoms. The minimum absolute atomic E-state index is 0.0592. The van der Waals surface area contributed by atoms with Gasteiger partial charge in [-0.05, 0) is 25.2 Å². The predicted octanol–water partition coefficient (Wildman–Crippen LogP) is -0.0390. The topological polar surface area (TPSA) is 116 Å². The van der Waals surface area contributed by atoms with E-state index in [1.807, 2.05) is 0 Å². The molecular formula is C15H18N6O3. The van der Waals surface area contributed by atoms with Gasteiger partial charge < -0.3 is 19.9 Å². The van der Waals surface area contributed by atoms with Gasteiger partial charge in [0.05, 0.1) is 13.4 Å². The molecule has 1 aliphatic carbocycles. The highest BCUT2D eigenvalue weighted by atomic mass is 16.5. The van der Waals surface area contributed by atoms with E-state index >= 15 is 0 Å². The largest absolute Gasteiger partial charge is 0.467 e. The number of amides is 1. The molecule has 126 valence electrons. The molecule has 1 saturated carbocycles. The summed E-state index contributed by atoms with van der Waals surface area (Å²) in [7, 11) is 1.36. The van der Waals surface area contributed by atoms with Crippen LogP contribution in [0.4, 0.5) is 5.82 Å². The molecule has 2 aromatic heterocycles. The van der Waals surface area contributed by atoms with Gasteiger partial charge in [0.15, 0.2) is 11.5 Å². The van der Waals surface area contributed by atoms with Crippen LogP contribution in [-0.2, 0) is 20.9 Å². The molecule has 0 bridgehead atoms. The molecule has 2 aromatic rings. The second-order valence-corrected chi connectivity index (χ2v) is 6.28. The zero-order chi connectivity index (χ0) is 16.8. The first-order chi connectivity index (χ1) is 11.6. The maximum atomic E-state index is 12.9. The fourth-order valence-corrected chi connectivity index (χ4v) is 3.77. The summed E-state index contributed by atoms with van der Waals surface area (Å²) < 4.78 is 6.51. The lowest BCUT2D eigenvalue weighted by molar-refractivity contribution is -0.152. The van der Waals surface area contributed by atoms with Gasteiger partial charge in [0.1, 0.15) is 24.4 Å². The third kappa shape index (κ3) is 2.11. The van der Waals surface area contributed by atoms with Gasteiger partial charge in [0, 0.05) is 6.04 Å². The first-order valence-electron chi connectivity index (χ1n) is 7.90. The highest BCUT2D eigenvalue weighted by Gasteiger charge is 2.51. The van der Waals surface area contributed by atoms with Crippen molar-refractivity contribution in [2.45, 2.75) is 37.9 Å². The van der Waals surface area contributed by atoms with Crippen molar-refractivity contribution < 1.29 is 14.3 Å². The number of likely N-dealkylation sites (tertiary alicyclic amines) is 1. The van der Waals surface area contributed by atoms with E-state index < -0.39 is 6.04 Å². The molecule has 0 unspecified atom stereocenters. The number of nitrogen functional groups attached to an aromatic ring is 1. The molecule has 9 nitrogen and oxygen atoms in total.